The van der Waals surface area contributed by atoms with Crippen LogP contribution in [0.2, 0.25) is 0 Å². The van der Waals surface area contributed by atoms with Crippen LogP contribution in [0, 0.1) is 6.92 Å². The summed E-state index contributed by atoms with van der Waals surface area (Å²) in [5, 5.41) is 25.7. The summed E-state index contributed by atoms with van der Waals surface area (Å²) in [7, 11) is 0. The highest BCUT2D eigenvalue weighted by Gasteiger charge is 2.21. The van der Waals surface area contributed by atoms with Crippen molar-refractivity contribution in [3.05, 3.63) is 35.5 Å². The molecule has 19 heavy (non-hydrogen) atoms. The highest BCUT2D eigenvalue weighted by molar-refractivity contribution is 5.93. The largest absolute Gasteiger partial charge is 0.476 e. The van der Waals surface area contributed by atoms with Gasteiger partial charge < -0.3 is 10.2 Å². The van der Waals surface area contributed by atoms with E-state index in [1.165, 1.54) is 4.68 Å². The molecule has 2 rings (SSSR count). The topological polar surface area (TPSA) is 88.2 Å². The second-order valence-corrected chi connectivity index (χ2v) is 4.21. The number of carbonyl (C=O) groups is 1. The van der Waals surface area contributed by atoms with Gasteiger partial charge in [-0.05, 0) is 18.9 Å². The summed E-state index contributed by atoms with van der Waals surface area (Å²) in [6.45, 7) is 2.36. The number of rotatable bonds is 5. The van der Waals surface area contributed by atoms with Crippen LogP contribution in [0.25, 0.3) is 11.3 Å². The first-order valence-electron chi connectivity index (χ1n) is 5.98. The Morgan fingerprint density at radius 1 is 1.37 bits per heavy atom. The molecule has 1 aromatic carbocycles. The lowest BCUT2D eigenvalue weighted by atomic mass is 10.0. The third kappa shape index (κ3) is 2.63. The van der Waals surface area contributed by atoms with Gasteiger partial charge in [0.25, 0.3) is 0 Å². The molecule has 0 amide bonds. The number of carboxylic acids is 1. The monoisotopic (exact) mass is 261 g/mol. The van der Waals surface area contributed by atoms with Crippen LogP contribution >= 0.6 is 0 Å². The first-order chi connectivity index (χ1) is 9.15. The lowest BCUT2D eigenvalue weighted by Crippen LogP contribution is -2.07. The fourth-order valence-electron chi connectivity index (χ4n) is 1.94. The van der Waals surface area contributed by atoms with E-state index >= 15 is 0 Å². The molecule has 0 fully saturated rings. The Kier molecular flexibility index (Phi) is 3.91. The van der Waals surface area contributed by atoms with Crippen molar-refractivity contribution >= 4 is 5.97 Å². The second-order valence-electron chi connectivity index (χ2n) is 4.21. The number of aromatic nitrogens is 3. The van der Waals surface area contributed by atoms with E-state index in [4.69, 9.17) is 5.11 Å². The van der Waals surface area contributed by atoms with Gasteiger partial charge in [-0.25, -0.2) is 9.48 Å². The molecule has 0 spiro atoms. The molecule has 1 aromatic heterocycles. The summed E-state index contributed by atoms with van der Waals surface area (Å²) in [5.74, 6) is -1.10. The van der Waals surface area contributed by atoms with Crippen LogP contribution < -0.4 is 0 Å². The number of benzene rings is 1. The molecule has 1 heterocycles. The van der Waals surface area contributed by atoms with Gasteiger partial charge in [-0.15, -0.1) is 5.10 Å². The minimum Gasteiger partial charge on any atom is -0.476 e. The third-order valence-corrected chi connectivity index (χ3v) is 2.87. The highest BCUT2D eigenvalue weighted by Crippen LogP contribution is 2.25. The van der Waals surface area contributed by atoms with Crippen LogP contribution in [0.4, 0.5) is 0 Å². The van der Waals surface area contributed by atoms with Gasteiger partial charge in [0.15, 0.2) is 5.69 Å². The zero-order chi connectivity index (χ0) is 13.8. The lowest BCUT2D eigenvalue weighted by Gasteiger charge is -2.09. The lowest BCUT2D eigenvalue weighted by molar-refractivity contribution is 0.0691. The van der Waals surface area contributed by atoms with E-state index in [-0.39, 0.29) is 12.3 Å². The van der Waals surface area contributed by atoms with Gasteiger partial charge >= 0.3 is 5.97 Å². The fourth-order valence-corrected chi connectivity index (χ4v) is 1.94. The Labute approximate surface area is 110 Å². The van der Waals surface area contributed by atoms with Gasteiger partial charge in [-0.1, -0.05) is 29.5 Å². The number of hydrogen-bond acceptors (Lipinski definition) is 4. The van der Waals surface area contributed by atoms with E-state index in [1.54, 1.807) is 0 Å². The smallest absolute Gasteiger partial charge is 0.358 e. The molecule has 0 saturated heterocycles. The normalized spacial score (nSPS) is 10.6. The Morgan fingerprint density at radius 2 is 2.11 bits per heavy atom. The van der Waals surface area contributed by atoms with Crippen LogP contribution in [0.3, 0.4) is 0 Å². The predicted octanol–water partition coefficient (Wildman–Crippen LogP) is 1.33. The van der Waals surface area contributed by atoms with Crippen LogP contribution in [0.5, 0.6) is 0 Å². The van der Waals surface area contributed by atoms with Crippen molar-refractivity contribution < 1.29 is 15.0 Å². The van der Waals surface area contributed by atoms with Crippen molar-refractivity contribution in [1.29, 1.82) is 0 Å². The Bertz CT molecular complexity index is 593. The van der Waals surface area contributed by atoms with E-state index in [9.17, 15) is 9.90 Å². The van der Waals surface area contributed by atoms with E-state index in [0.29, 0.717) is 18.7 Å². The first kappa shape index (κ1) is 13.2. The summed E-state index contributed by atoms with van der Waals surface area (Å²) in [4.78, 5) is 11.2. The van der Waals surface area contributed by atoms with Crippen LogP contribution in [-0.2, 0) is 6.54 Å². The number of carboxylic acid groups (broad SMARTS) is 1. The third-order valence-electron chi connectivity index (χ3n) is 2.87. The maximum atomic E-state index is 11.2. The molecule has 0 atom stereocenters. The SMILES string of the molecule is Cc1ccccc1-c1c(C(=O)O)nnn1CCCO. The second kappa shape index (κ2) is 5.62. The van der Waals surface area contributed by atoms with Crippen molar-refractivity contribution in [3.63, 3.8) is 0 Å². The number of aliphatic hydroxyl groups is 1. The van der Waals surface area contributed by atoms with Gasteiger partial charge in [-0.2, -0.15) is 0 Å². The molecular formula is C13H15N3O3. The molecular weight excluding hydrogens is 246 g/mol. The van der Waals surface area contributed by atoms with Crippen molar-refractivity contribution in [3.8, 4) is 11.3 Å². The molecule has 6 heteroatoms. The Morgan fingerprint density at radius 3 is 2.74 bits per heavy atom. The molecule has 0 radical (unpaired) electrons. The quantitative estimate of drug-likeness (QED) is 0.847. The summed E-state index contributed by atoms with van der Waals surface area (Å²) < 4.78 is 1.53. The summed E-state index contributed by atoms with van der Waals surface area (Å²) in [6.07, 6.45) is 0.501. The zero-order valence-electron chi connectivity index (χ0n) is 10.6. The molecule has 0 saturated carbocycles. The Balaban J connectivity index is 2.55. The Hall–Kier alpha value is -2.21. The molecule has 0 aliphatic rings. The van der Waals surface area contributed by atoms with Crippen molar-refractivity contribution in [1.82, 2.24) is 15.0 Å². The summed E-state index contributed by atoms with van der Waals surface area (Å²) >= 11 is 0. The molecule has 0 bridgehead atoms. The maximum absolute atomic E-state index is 11.2. The molecule has 0 aliphatic carbocycles. The minimum absolute atomic E-state index is 0.0233. The standard InChI is InChI=1S/C13H15N3O3/c1-9-5-2-3-6-10(9)12-11(13(18)19)14-15-16(12)7-4-8-17/h2-3,5-6,17H,4,7-8H2,1H3,(H,18,19). The maximum Gasteiger partial charge on any atom is 0.358 e. The predicted molar refractivity (Wildman–Crippen MR) is 68.9 cm³/mol. The van der Waals surface area contributed by atoms with Gasteiger partial charge in [0.05, 0.1) is 0 Å². The van der Waals surface area contributed by atoms with Gasteiger partial charge in [0.2, 0.25) is 0 Å². The zero-order valence-corrected chi connectivity index (χ0v) is 10.6. The summed E-state index contributed by atoms with van der Waals surface area (Å²) in [6, 6.07) is 7.48. The number of aryl methyl sites for hydroxylation is 2. The van der Waals surface area contributed by atoms with E-state index in [2.05, 4.69) is 10.3 Å². The summed E-state index contributed by atoms with van der Waals surface area (Å²) in [5.41, 5.74) is 2.17. The van der Waals surface area contributed by atoms with Gasteiger partial charge in [0.1, 0.15) is 5.69 Å². The first-order valence-corrected chi connectivity index (χ1v) is 5.98. The molecule has 0 unspecified atom stereocenters. The molecule has 0 aliphatic heterocycles. The molecule has 100 valence electrons. The minimum atomic E-state index is -1.10. The molecule has 2 N–H and O–H groups in total. The van der Waals surface area contributed by atoms with Crippen LogP contribution in [0.1, 0.15) is 22.5 Å². The van der Waals surface area contributed by atoms with E-state index in [1.807, 2.05) is 31.2 Å². The highest BCUT2D eigenvalue weighted by atomic mass is 16.4. The van der Waals surface area contributed by atoms with E-state index in [0.717, 1.165) is 11.1 Å². The average Bonchev–Trinajstić information content (AvgIpc) is 2.80. The number of aliphatic hydroxyl groups excluding tert-OH is 1. The van der Waals surface area contributed by atoms with Gasteiger partial charge in [0, 0.05) is 18.7 Å². The molecule has 2 aromatic rings. The number of hydrogen-bond donors (Lipinski definition) is 2. The van der Waals surface area contributed by atoms with Crippen LogP contribution in [0.15, 0.2) is 24.3 Å². The van der Waals surface area contributed by atoms with Crippen molar-refractivity contribution in [2.75, 3.05) is 6.61 Å². The molecule has 6 nitrogen and oxygen atoms in total. The number of aromatic carboxylic acids is 1. The van der Waals surface area contributed by atoms with Gasteiger partial charge in [-0.3, -0.25) is 0 Å². The van der Waals surface area contributed by atoms with E-state index < -0.39 is 5.97 Å². The van der Waals surface area contributed by atoms with Crippen molar-refractivity contribution in [2.45, 2.75) is 19.9 Å². The van der Waals surface area contributed by atoms with Crippen LogP contribution in [-0.4, -0.2) is 37.8 Å². The fraction of sp³-hybridized carbons (Fsp3) is 0.308. The number of nitrogens with zero attached hydrogens (tertiary/aromatic N) is 3. The average molecular weight is 261 g/mol. The van der Waals surface area contributed by atoms with Crippen molar-refractivity contribution in [2.24, 2.45) is 0 Å².